The molecule has 0 aliphatic rings. The fourth-order valence-corrected chi connectivity index (χ4v) is 1.42. The summed E-state index contributed by atoms with van der Waals surface area (Å²) in [5.41, 5.74) is -0.316. The van der Waals surface area contributed by atoms with Gasteiger partial charge in [-0.05, 0) is 26.3 Å². The van der Waals surface area contributed by atoms with Crippen molar-refractivity contribution in [3.8, 4) is 0 Å². The smallest absolute Gasteiger partial charge is 0.245 e. The summed E-state index contributed by atoms with van der Waals surface area (Å²) in [6.45, 7) is 10.2. The van der Waals surface area contributed by atoms with Crippen LogP contribution in [0.5, 0.6) is 0 Å². The number of nitrogens with zero attached hydrogens (tertiary/aromatic N) is 1. The standard InChI is InChI=1S/C13H27N3O2/c1-8-16(7)12(18)10(13(3,4)5)15-11(17)9(2)14-6/h9-10,14H,8H2,1-7H3,(H,15,17)/t9-,10?/m0/s1. The maximum atomic E-state index is 12.3. The van der Waals surface area contributed by atoms with Gasteiger partial charge in [0.15, 0.2) is 0 Å². The summed E-state index contributed by atoms with van der Waals surface area (Å²) in [4.78, 5) is 25.8. The summed E-state index contributed by atoms with van der Waals surface area (Å²) in [6, 6.07) is -0.819. The highest BCUT2D eigenvalue weighted by Gasteiger charge is 2.34. The molecule has 2 atom stereocenters. The van der Waals surface area contributed by atoms with Crippen molar-refractivity contribution in [2.24, 2.45) is 5.41 Å². The lowest BCUT2D eigenvalue weighted by molar-refractivity contribution is -0.138. The minimum atomic E-state index is -0.509. The lowest BCUT2D eigenvalue weighted by atomic mass is 9.85. The van der Waals surface area contributed by atoms with Gasteiger partial charge in [0.25, 0.3) is 0 Å². The largest absolute Gasteiger partial charge is 0.344 e. The number of rotatable bonds is 5. The first kappa shape index (κ1) is 16.9. The molecule has 0 spiro atoms. The second-order valence-electron chi connectivity index (χ2n) is 5.67. The summed E-state index contributed by atoms with van der Waals surface area (Å²) in [5.74, 6) is -0.211. The zero-order valence-corrected chi connectivity index (χ0v) is 12.6. The zero-order chi connectivity index (χ0) is 14.5. The van der Waals surface area contributed by atoms with Crippen LogP contribution in [0.4, 0.5) is 0 Å². The average molecular weight is 257 g/mol. The van der Waals surface area contributed by atoms with E-state index in [9.17, 15) is 9.59 Å². The molecule has 2 amide bonds. The van der Waals surface area contributed by atoms with Gasteiger partial charge in [-0.25, -0.2) is 0 Å². The number of carbonyl (C=O) groups excluding carboxylic acids is 2. The van der Waals surface area contributed by atoms with Crippen LogP contribution in [-0.4, -0.2) is 49.4 Å². The third-order valence-corrected chi connectivity index (χ3v) is 3.08. The first-order chi connectivity index (χ1) is 8.15. The fourth-order valence-electron chi connectivity index (χ4n) is 1.42. The van der Waals surface area contributed by atoms with Gasteiger partial charge in [0.05, 0.1) is 6.04 Å². The minimum absolute atomic E-state index is 0.0540. The monoisotopic (exact) mass is 257 g/mol. The maximum Gasteiger partial charge on any atom is 0.245 e. The first-order valence-corrected chi connectivity index (χ1v) is 6.37. The quantitative estimate of drug-likeness (QED) is 0.758. The van der Waals surface area contributed by atoms with E-state index in [0.29, 0.717) is 6.54 Å². The molecule has 0 aromatic carbocycles. The van der Waals surface area contributed by atoms with E-state index in [1.54, 1.807) is 25.9 Å². The number of carbonyl (C=O) groups is 2. The Labute approximate surface area is 110 Å². The summed E-state index contributed by atoms with van der Waals surface area (Å²) in [7, 11) is 3.46. The van der Waals surface area contributed by atoms with Crippen LogP contribution >= 0.6 is 0 Å². The average Bonchev–Trinajstić information content (AvgIpc) is 2.31. The fraction of sp³-hybridized carbons (Fsp3) is 0.846. The Bertz CT molecular complexity index is 297. The molecule has 0 saturated carbocycles. The number of amides is 2. The van der Waals surface area contributed by atoms with Gasteiger partial charge in [0.1, 0.15) is 6.04 Å². The SMILES string of the molecule is CCN(C)C(=O)C(NC(=O)[C@H](C)NC)C(C)(C)C. The molecular formula is C13H27N3O2. The van der Waals surface area contributed by atoms with Crippen molar-refractivity contribution < 1.29 is 9.59 Å². The Hall–Kier alpha value is -1.10. The van der Waals surface area contributed by atoms with Crippen molar-refractivity contribution in [3.05, 3.63) is 0 Å². The Morgan fingerprint density at radius 2 is 1.78 bits per heavy atom. The number of likely N-dealkylation sites (N-methyl/N-ethyl adjacent to an activating group) is 2. The molecule has 106 valence electrons. The number of nitrogens with one attached hydrogen (secondary N) is 2. The molecule has 0 saturated heterocycles. The van der Waals surface area contributed by atoms with Crippen LogP contribution in [0.1, 0.15) is 34.6 Å². The van der Waals surface area contributed by atoms with Crippen LogP contribution < -0.4 is 10.6 Å². The van der Waals surface area contributed by atoms with Gasteiger partial charge in [-0.15, -0.1) is 0 Å². The van der Waals surface area contributed by atoms with Crippen molar-refractivity contribution in [2.45, 2.75) is 46.7 Å². The molecule has 0 fully saturated rings. The zero-order valence-electron chi connectivity index (χ0n) is 12.6. The Morgan fingerprint density at radius 3 is 2.11 bits per heavy atom. The normalized spacial score (nSPS) is 14.8. The summed E-state index contributed by atoms with van der Waals surface area (Å²) in [6.07, 6.45) is 0. The van der Waals surface area contributed by atoms with Crippen LogP contribution in [0.3, 0.4) is 0 Å². The van der Waals surface area contributed by atoms with E-state index in [0.717, 1.165) is 0 Å². The van der Waals surface area contributed by atoms with Crippen molar-refractivity contribution in [1.82, 2.24) is 15.5 Å². The summed E-state index contributed by atoms with van der Waals surface area (Å²) >= 11 is 0. The molecule has 0 bridgehead atoms. The van der Waals surface area contributed by atoms with E-state index in [1.807, 2.05) is 27.7 Å². The molecule has 5 heteroatoms. The lowest BCUT2D eigenvalue weighted by Gasteiger charge is -2.33. The molecule has 0 radical (unpaired) electrons. The highest BCUT2D eigenvalue weighted by Crippen LogP contribution is 2.21. The van der Waals surface area contributed by atoms with Crippen LogP contribution in [0.2, 0.25) is 0 Å². The number of hydrogen-bond acceptors (Lipinski definition) is 3. The predicted molar refractivity (Wildman–Crippen MR) is 73.2 cm³/mol. The van der Waals surface area contributed by atoms with Gasteiger partial charge >= 0.3 is 0 Å². The molecular weight excluding hydrogens is 230 g/mol. The van der Waals surface area contributed by atoms with Crippen LogP contribution in [-0.2, 0) is 9.59 Å². The molecule has 0 aromatic rings. The van der Waals surface area contributed by atoms with Gasteiger partial charge in [-0.1, -0.05) is 20.8 Å². The van der Waals surface area contributed by atoms with E-state index >= 15 is 0 Å². The molecule has 5 nitrogen and oxygen atoms in total. The van der Waals surface area contributed by atoms with Crippen molar-refractivity contribution >= 4 is 11.8 Å². The predicted octanol–water partition coefficient (Wildman–Crippen LogP) is 0.604. The van der Waals surface area contributed by atoms with E-state index < -0.39 is 6.04 Å². The molecule has 2 N–H and O–H groups in total. The molecule has 0 rings (SSSR count). The van der Waals surface area contributed by atoms with Gasteiger partial charge < -0.3 is 15.5 Å². The third-order valence-electron chi connectivity index (χ3n) is 3.08. The Morgan fingerprint density at radius 1 is 1.28 bits per heavy atom. The van der Waals surface area contributed by atoms with Gasteiger partial charge in [0, 0.05) is 13.6 Å². The van der Waals surface area contributed by atoms with Crippen LogP contribution in [0.15, 0.2) is 0 Å². The molecule has 0 aliphatic carbocycles. The Kier molecular flexibility index (Phi) is 6.32. The summed E-state index contributed by atoms with van der Waals surface area (Å²) < 4.78 is 0. The maximum absolute atomic E-state index is 12.3. The van der Waals surface area contributed by atoms with E-state index in [2.05, 4.69) is 10.6 Å². The van der Waals surface area contributed by atoms with E-state index in [4.69, 9.17) is 0 Å². The van der Waals surface area contributed by atoms with Crippen molar-refractivity contribution in [3.63, 3.8) is 0 Å². The topological polar surface area (TPSA) is 61.4 Å². The first-order valence-electron chi connectivity index (χ1n) is 6.37. The molecule has 0 aromatic heterocycles. The van der Waals surface area contributed by atoms with Crippen LogP contribution in [0, 0.1) is 5.41 Å². The minimum Gasteiger partial charge on any atom is -0.344 e. The van der Waals surface area contributed by atoms with E-state index in [1.165, 1.54) is 0 Å². The van der Waals surface area contributed by atoms with Gasteiger partial charge in [-0.3, -0.25) is 9.59 Å². The molecule has 18 heavy (non-hydrogen) atoms. The lowest BCUT2D eigenvalue weighted by Crippen LogP contribution is -2.56. The highest BCUT2D eigenvalue weighted by molar-refractivity contribution is 5.90. The van der Waals surface area contributed by atoms with E-state index in [-0.39, 0.29) is 23.3 Å². The van der Waals surface area contributed by atoms with Crippen LogP contribution in [0.25, 0.3) is 0 Å². The molecule has 1 unspecified atom stereocenters. The molecule has 0 aliphatic heterocycles. The highest BCUT2D eigenvalue weighted by atomic mass is 16.2. The molecule has 0 heterocycles. The number of hydrogen-bond donors (Lipinski definition) is 2. The van der Waals surface area contributed by atoms with Crippen molar-refractivity contribution in [1.29, 1.82) is 0 Å². The third kappa shape index (κ3) is 4.64. The second kappa shape index (κ2) is 6.73. The summed E-state index contributed by atoms with van der Waals surface area (Å²) in [5, 5.41) is 5.70. The van der Waals surface area contributed by atoms with Gasteiger partial charge in [-0.2, -0.15) is 0 Å². The second-order valence-corrected chi connectivity index (χ2v) is 5.67. The Balaban J connectivity index is 4.93. The van der Waals surface area contributed by atoms with Crippen molar-refractivity contribution in [2.75, 3.05) is 20.6 Å². The van der Waals surface area contributed by atoms with Gasteiger partial charge in [0.2, 0.25) is 11.8 Å².